The summed E-state index contributed by atoms with van der Waals surface area (Å²) in [7, 11) is 0. The van der Waals surface area contributed by atoms with Crippen molar-refractivity contribution in [2.24, 2.45) is 0 Å². The van der Waals surface area contributed by atoms with Crippen LogP contribution in [0.5, 0.6) is 0 Å². The maximum atomic E-state index is 13.3. The third kappa shape index (κ3) is 4.41. The van der Waals surface area contributed by atoms with Crippen LogP contribution in [0.25, 0.3) is 11.3 Å². The summed E-state index contributed by atoms with van der Waals surface area (Å²) in [6.07, 6.45) is 3.73. The van der Waals surface area contributed by atoms with Crippen molar-refractivity contribution < 1.29 is 9.59 Å². The Hall–Kier alpha value is -2.67. The Labute approximate surface area is 178 Å². The van der Waals surface area contributed by atoms with E-state index in [0.29, 0.717) is 19.6 Å². The Morgan fingerprint density at radius 1 is 1.10 bits per heavy atom. The monoisotopic (exact) mass is 409 g/mol. The van der Waals surface area contributed by atoms with Crippen molar-refractivity contribution in [3.8, 4) is 11.3 Å². The van der Waals surface area contributed by atoms with E-state index in [9.17, 15) is 9.59 Å². The van der Waals surface area contributed by atoms with Crippen LogP contribution >= 0.6 is 0 Å². The summed E-state index contributed by atoms with van der Waals surface area (Å²) in [5, 5.41) is 2.93. The summed E-state index contributed by atoms with van der Waals surface area (Å²) >= 11 is 0. The van der Waals surface area contributed by atoms with Crippen LogP contribution in [-0.2, 0) is 16.1 Å². The highest BCUT2D eigenvalue weighted by molar-refractivity contribution is 5.83. The second kappa shape index (κ2) is 9.00. The molecule has 0 spiro atoms. The molecule has 2 aliphatic heterocycles. The molecule has 7 heteroatoms. The van der Waals surface area contributed by atoms with Crippen LogP contribution in [0.15, 0.2) is 36.5 Å². The number of nitrogens with one attached hydrogen (secondary N) is 1. The number of carbonyl (C=O) groups is 2. The maximum Gasteiger partial charge on any atom is 0.234 e. The average molecular weight is 410 g/mol. The number of imidazole rings is 1. The normalized spacial score (nSPS) is 19.6. The van der Waals surface area contributed by atoms with Gasteiger partial charge in [0.25, 0.3) is 0 Å². The number of amides is 2. The predicted octanol–water partition coefficient (Wildman–Crippen LogP) is 2.10. The van der Waals surface area contributed by atoms with E-state index in [0.717, 1.165) is 49.6 Å². The lowest BCUT2D eigenvalue weighted by Crippen LogP contribution is -2.52. The fourth-order valence-electron chi connectivity index (χ4n) is 4.48. The Bertz CT molecular complexity index is 884. The van der Waals surface area contributed by atoms with Crippen molar-refractivity contribution in [2.75, 3.05) is 32.7 Å². The highest BCUT2D eigenvalue weighted by atomic mass is 16.2. The van der Waals surface area contributed by atoms with Crippen molar-refractivity contribution in [1.82, 2.24) is 24.7 Å². The lowest BCUT2D eigenvalue weighted by atomic mass is 9.96. The average Bonchev–Trinajstić information content (AvgIpc) is 3.18. The van der Waals surface area contributed by atoms with Crippen LogP contribution in [0.3, 0.4) is 0 Å². The largest absolute Gasteiger partial charge is 0.353 e. The van der Waals surface area contributed by atoms with Crippen molar-refractivity contribution in [1.29, 1.82) is 0 Å². The molecule has 0 bridgehead atoms. The van der Waals surface area contributed by atoms with Gasteiger partial charge in [0.1, 0.15) is 5.82 Å². The molecule has 2 aliphatic rings. The molecule has 3 heterocycles. The number of fused-ring (bicyclic) bond motifs is 1. The Morgan fingerprint density at radius 2 is 1.83 bits per heavy atom. The Morgan fingerprint density at radius 3 is 2.53 bits per heavy atom. The fraction of sp³-hybridized carbons (Fsp3) is 0.522. The first-order valence-electron chi connectivity index (χ1n) is 10.9. The highest BCUT2D eigenvalue weighted by Gasteiger charge is 2.34. The molecule has 1 N–H and O–H groups in total. The van der Waals surface area contributed by atoms with E-state index in [2.05, 4.69) is 31.9 Å². The Kier molecular flexibility index (Phi) is 6.18. The molecule has 1 aromatic carbocycles. The fourth-order valence-corrected chi connectivity index (χ4v) is 4.48. The van der Waals surface area contributed by atoms with E-state index in [1.54, 1.807) is 0 Å². The minimum atomic E-state index is -0.174. The second-order valence-corrected chi connectivity index (χ2v) is 8.54. The molecule has 0 radical (unpaired) electrons. The molecule has 30 heavy (non-hydrogen) atoms. The van der Waals surface area contributed by atoms with Gasteiger partial charge in [-0.05, 0) is 32.3 Å². The van der Waals surface area contributed by atoms with E-state index < -0.39 is 0 Å². The third-order valence-corrected chi connectivity index (χ3v) is 5.94. The third-order valence-electron chi connectivity index (χ3n) is 5.94. The summed E-state index contributed by atoms with van der Waals surface area (Å²) in [6, 6.07) is 10.4. The van der Waals surface area contributed by atoms with Gasteiger partial charge in [-0.2, -0.15) is 0 Å². The van der Waals surface area contributed by atoms with Crippen LogP contribution < -0.4 is 5.32 Å². The molecule has 7 nitrogen and oxygen atoms in total. The number of carbonyl (C=O) groups excluding carboxylic acids is 2. The zero-order valence-electron chi connectivity index (χ0n) is 17.9. The smallest absolute Gasteiger partial charge is 0.234 e. The number of aromatic nitrogens is 2. The first kappa shape index (κ1) is 20.6. The zero-order valence-corrected chi connectivity index (χ0v) is 17.9. The van der Waals surface area contributed by atoms with Gasteiger partial charge in [0.15, 0.2) is 0 Å². The van der Waals surface area contributed by atoms with Gasteiger partial charge in [-0.15, -0.1) is 0 Å². The van der Waals surface area contributed by atoms with E-state index in [1.807, 2.05) is 43.1 Å². The van der Waals surface area contributed by atoms with E-state index in [1.165, 1.54) is 0 Å². The van der Waals surface area contributed by atoms with Crippen molar-refractivity contribution in [2.45, 2.75) is 45.2 Å². The van der Waals surface area contributed by atoms with E-state index in [-0.39, 0.29) is 23.8 Å². The van der Waals surface area contributed by atoms with Gasteiger partial charge in [0.05, 0.1) is 24.4 Å². The van der Waals surface area contributed by atoms with Gasteiger partial charge < -0.3 is 14.8 Å². The van der Waals surface area contributed by atoms with E-state index in [4.69, 9.17) is 0 Å². The van der Waals surface area contributed by atoms with Gasteiger partial charge in [-0.3, -0.25) is 14.5 Å². The lowest BCUT2D eigenvalue weighted by Gasteiger charge is -2.37. The quantitative estimate of drug-likeness (QED) is 0.821. The standard InChI is InChI=1S/C23H31N5O2/c1-17(2)25-21(29)16-26-11-13-27(14-12-26)23(30)19-9-6-10-28-20(15-24-22(19)28)18-7-4-3-5-8-18/h3-5,7-8,15,17,19H,6,9-14,16H2,1-2H3,(H,25,29). The molecule has 0 saturated carbocycles. The maximum absolute atomic E-state index is 13.3. The lowest BCUT2D eigenvalue weighted by molar-refractivity contribution is -0.135. The SMILES string of the molecule is CC(C)NC(=O)CN1CCN(C(=O)C2CCCn3c(-c4ccccc4)cnc32)CC1. The zero-order chi connectivity index (χ0) is 21.1. The summed E-state index contributed by atoms with van der Waals surface area (Å²) in [5.74, 6) is 0.941. The van der Waals surface area contributed by atoms with Crippen LogP contribution in [0.1, 0.15) is 38.4 Å². The molecule has 160 valence electrons. The number of rotatable bonds is 5. The summed E-state index contributed by atoms with van der Waals surface area (Å²) < 4.78 is 2.22. The summed E-state index contributed by atoms with van der Waals surface area (Å²) in [5.41, 5.74) is 2.22. The highest BCUT2D eigenvalue weighted by Crippen LogP contribution is 2.33. The van der Waals surface area contributed by atoms with Crippen molar-refractivity contribution >= 4 is 11.8 Å². The molecule has 1 fully saturated rings. The molecule has 2 aromatic rings. The van der Waals surface area contributed by atoms with Crippen molar-refractivity contribution in [3.05, 3.63) is 42.4 Å². The summed E-state index contributed by atoms with van der Waals surface area (Å²) in [6.45, 7) is 8.02. The van der Waals surface area contributed by atoms with Gasteiger partial charge in [-0.25, -0.2) is 4.98 Å². The number of benzene rings is 1. The number of piperazine rings is 1. The molecule has 0 aliphatic carbocycles. The predicted molar refractivity (Wildman–Crippen MR) is 116 cm³/mol. The number of hydrogen-bond acceptors (Lipinski definition) is 4. The minimum absolute atomic E-state index is 0.0486. The topological polar surface area (TPSA) is 70.5 Å². The van der Waals surface area contributed by atoms with E-state index >= 15 is 0 Å². The second-order valence-electron chi connectivity index (χ2n) is 8.54. The van der Waals surface area contributed by atoms with Crippen LogP contribution in [0, 0.1) is 0 Å². The first-order valence-corrected chi connectivity index (χ1v) is 10.9. The molecular weight excluding hydrogens is 378 g/mol. The minimum Gasteiger partial charge on any atom is -0.353 e. The first-order chi connectivity index (χ1) is 14.5. The van der Waals surface area contributed by atoms with Crippen LogP contribution in [-0.4, -0.2) is 69.9 Å². The Balaban J connectivity index is 1.40. The van der Waals surface area contributed by atoms with Gasteiger partial charge >= 0.3 is 0 Å². The van der Waals surface area contributed by atoms with Crippen LogP contribution in [0.2, 0.25) is 0 Å². The summed E-state index contributed by atoms with van der Waals surface area (Å²) in [4.78, 5) is 34.0. The number of nitrogens with zero attached hydrogens (tertiary/aromatic N) is 4. The molecule has 1 saturated heterocycles. The van der Waals surface area contributed by atoms with Crippen molar-refractivity contribution in [3.63, 3.8) is 0 Å². The molecular formula is C23H31N5O2. The molecule has 1 atom stereocenters. The van der Waals surface area contributed by atoms with Crippen LogP contribution in [0.4, 0.5) is 0 Å². The van der Waals surface area contributed by atoms with Gasteiger partial charge in [0.2, 0.25) is 11.8 Å². The van der Waals surface area contributed by atoms with Gasteiger partial charge in [0, 0.05) is 38.8 Å². The van der Waals surface area contributed by atoms with Gasteiger partial charge in [-0.1, -0.05) is 30.3 Å². The molecule has 1 unspecified atom stereocenters. The molecule has 1 aromatic heterocycles. The molecule has 4 rings (SSSR count). The number of hydrogen-bond donors (Lipinski definition) is 1. The molecule has 2 amide bonds.